The summed E-state index contributed by atoms with van der Waals surface area (Å²) in [6.07, 6.45) is 10.7. The predicted octanol–water partition coefficient (Wildman–Crippen LogP) is 4.39. The molecule has 0 aliphatic heterocycles. The van der Waals surface area contributed by atoms with Gasteiger partial charge in [-0.1, -0.05) is 44.2 Å². The molecule has 0 heterocycles. The summed E-state index contributed by atoms with van der Waals surface area (Å²) in [5, 5.41) is 0. The topological polar surface area (TPSA) is 26.3 Å². The molecule has 1 aliphatic carbocycles. The standard InChI is InChI=1S/C16H14O2.C2H6/c1-13(17)18-16-10-8-15(9-11-16)12-14-6-4-2-3-5-7-14;1-2/h2,4-11H,12H2,1H3;1-2H3. The summed E-state index contributed by atoms with van der Waals surface area (Å²) in [6.45, 7) is 5.40. The van der Waals surface area contributed by atoms with Crippen LogP contribution in [0.25, 0.3) is 0 Å². The van der Waals surface area contributed by atoms with Crippen LogP contribution < -0.4 is 4.74 Å². The van der Waals surface area contributed by atoms with Gasteiger partial charge in [-0.05, 0) is 41.8 Å². The molecular formula is C18H20O2. The van der Waals surface area contributed by atoms with Crippen LogP contribution in [0.4, 0.5) is 0 Å². The maximum Gasteiger partial charge on any atom is 0.308 e. The van der Waals surface area contributed by atoms with Gasteiger partial charge in [0.05, 0.1) is 0 Å². The zero-order chi connectivity index (χ0) is 14.8. The molecule has 0 fully saturated rings. The van der Waals surface area contributed by atoms with Gasteiger partial charge in [0.1, 0.15) is 5.75 Å². The lowest BCUT2D eigenvalue weighted by molar-refractivity contribution is -0.131. The van der Waals surface area contributed by atoms with Crippen molar-refractivity contribution in [2.75, 3.05) is 0 Å². The van der Waals surface area contributed by atoms with Crippen LogP contribution in [0.1, 0.15) is 26.3 Å². The number of rotatable bonds is 3. The highest BCUT2D eigenvalue weighted by Crippen LogP contribution is 2.16. The summed E-state index contributed by atoms with van der Waals surface area (Å²) in [7, 11) is 0. The fourth-order valence-electron chi connectivity index (χ4n) is 1.69. The molecule has 0 saturated heterocycles. The third kappa shape index (κ3) is 5.55. The molecular weight excluding hydrogens is 248 g/mol. The number of carbonyl (C=O) groups excluding carboxylic acids is 1. The fraction of sp³-hybridized carbons (Fsp3) is 0.222. The first-order valence-corrected chi connectivity index (χ1v) is 6.80. The van der Waals surface area contributed by atoms with Gasteiger partial charge >= 0.3 is 5.97 Å². The van der Waals surface area contributed by atoms with Crippen molar-refractivity contribution in [2.45, 2.75) is 27.2 Å². The average Bonchev–Trinajstić information content (AvgIpc) is 2.71. The smallest absolute Gasteiger partial charge is 0.308 e. The number of carbonyl (C=O) groups is 1. The Labute approximate surface area is 120 Å². The number of esters is 1. The van der Waals surface area contributed by atoms with Crippen molar-refractivity contribution >= 4 is 5.97 Å². The predicted molar refractivity (Wildman–Crippen MR) is 82.7 cm³/mol. The Kier molecular flexibility index (Phi) is 6.88. The summed E-state index contributed by atoms with van der Waals surface area (Å²) in [5.74, 6) is 0.284. The Hall–Kier alpha value is -2.31. The minimum atomic E-state index is -0.298. The third-order valence-electron chi connectivity index (χ3n) is 2.49. The van der Waals surface area contributed by atoms with Gasteiger partial charge in [0.15, 0.2) is 0 Å². The van der Waals surface area contributed by atoms with Crippen LogP contribution in [0, 0.1) is 0 Å². The zero-order valence-electron chi connectivity index (χ0n) is 12.2. The molecule has 0 atom stereocenters. The van der Waals surface area contributed by atoms with Crippen LogP contribution >= 0.6 is 0 Å². The number of ether oxygens (including phenoxy) is 1. The lowest BCUT2D eigenvalue weighted by Gasteiger charge is -2.04. The highest BCUT2D eigenvalue weighted by atomic mass is 16.5. The third-order valence-corrected chi connectivity index (χ3v) is 2.49. The highest BCUT2D eigenvalue weighted by Gasteiger charge is 2.00. The van der Waals surface area contributed by atoms with Crippen LogP contribution in [0.15, 0.2) is 65.9 Å². The van der Waals surface area contributed by atoms with E-state index in [0.29, 0.717) is 5.75 Å². The molecule has 0 bridgehead atoms. The number of hydrogen-bond donors (Lipinski definition) is 0. The molecule has 0 unspecified atom stereocenters. The van der Waals surface area contributed by atoms with E-state index in [1.807, 2.05) is 62.4 Å². The monoisotopic (exact) mass is 268 g/mol. The minimum Gasteiger partial charge on any atom is -0.427 e. The first-order valence-electron chi connectivity index (χ1n) is 6.80. The van der Waals surface area contributed by atoms with Gasteiger partial charge < -0.3 is 4.74 Å². The number of allylic oxidation sites excluding steroid dienone is 5. The van der Waals surface area contributed by atoms with E-state index < -0.39 is 0 Å². The van der Waals surface area contributed by atoms with Crippen molar-refractivity contribution in [2.24, 2.45) is 0 Å². The Bertz CT molecular complexity index is 554. The van der Waals surface area contributed by atoms with E-state index in [-0.39, 0.29) is 5.97 Å². The molecule has 2 heteroatoms. The van der Waals surface area contributed by atoms with E-state index in [9.17, 15) is 4.79 Å². The van der Waals surface area contributed by atoms with Crippen LogP contribution in [0.5, 0.6) is 5.75 Å². The van der Waals surface area contributed by atoms with Crippen molar-refractivity contribution in [1.29, 1.82) is 0 Å². The summed E-state index contributed by atoms with van der Waals surface area (Å²) >= 11 is 0. The summed E-state index contributed by atoms with van der Waals surface area (Å²) in [5.41, 5.74) is 5.42. The van der Waals surface area contributed by atoms with Gasteiger partial charge in [0.25, 0.3) is 0 Å². The van der Waals surface area contributed by atoms with Crippen LogP contribution in [-0.4, -0.2) is 5.97 Å². The largest absolute Gasteiger partial charge is 0.427 e. The second-order valence-corrected chi connectivity index (χ2v) is 4.02. The molecule has 0 N–H and O–H groups in total. The van der Waals surface area contributed by atoms with E-state index in [0.717, 1.165) is 6.42 Å². The van der Waals surface area contributed by atoms with Crippen molar-refractivity contribution < 1.29 is 9.53 Å². The van der Waals surface area contributed by atoms with E-state index in [4.69, 9.17) is 4.74 Å². The summed E-state index contributed by atoms with van der Waals surface area (Å²) in [6, 6.07) is 7.56. The van der Waals surface area contributed by atoms with Crippen LogP contribution in [0.3, 0.4) is 0 Å². The minimum absolute atomic E-state index is 0.298. The quantitative estimate of drug-likeness (QED) is 0.462. The molecule has 0 saturated carbocycles. The van der Waals surface area contributed by atoms with Crippen molar-refractivity contribution in [3.63, 3.8) is 0 Å². The maximum absolute atomic E-state index is 10.8. The van der Waals surface area contributed by atoms with Gasteiger partial charge in [-0.25, -0.2) is 0 Å². The number of benzene rings is 1. The molecule has 1 aromatic rings. The van der Waals surface area contributed by atoms with E-state index >= 15 is 0 Å². The van der Waals surface area contributed by atoms with Crippen LogP contribution in [0.2, 0.25) is 0 Å². The second kappa shape index (κ2) is 8.73. The molecule has 0 spiro atoms. The Morgan fingerprint density at radius 1 is 1.15 bits per heavy atom. The number of hydrogen-bond acceptors (Lipinski definition) is 2. The summed E-state index contributed by atoms with van der Waals surface area (Å²) < 4.78 is 4.99. The molecule has 1 aliphatic rings. The molecule has 0 aromatic heterocycles. The Balaban J connectivity index is 0.000000956. The molecule has 0 amide bonds. The van der Waals surface area contributed by atoms with Crippen molar-refractivity contribution in [1.82, 2.24) is 0 Å². The molecule has 20 heavy (non-hydrogen) atoms. The van der Waals surface area contributed by atoms with Crippen molar-refractivity contribution in [3.05, 3.63) is 71.5 Å². The lowest BCUT2D eigenvalue weighted by Crippen LogP contribution is -2.01. The van der Waals surface area contributed by atoms with Gasteiger partial charge in [-0.2, -0.15) is 0 Å². The van der Waals surface area contributed by atoms with Crippen LogP contribution in [-0.2, 0) is 11.2 Å². The molecule has 0 radical (unpaired) electrons. The van der Waals surface area contributed by atoms with Gasteiger partial charge in [-0.15, -0.1) is 5.73 Å². The van der Waals surface area contributed by atoms with E-state index in [1.165, 1.54) is 18.1 Å². The zero-order valence-corrected chi connectivity index (χ0v) is 12.2. The second-order valence-electron chi connectivity index (χ2n) is 4.02. The molecule has 104 valence electrons. The van der Waals surface area contributed by atoms with E-state index in [2.05, 4.69) is 11.8 Å². The molecule has 1 aromatic carbocycles. The first kappa shape index (κ1) is 15.7. The van der Waals surface area contributed by atoms with Gasteiger partial charge in [-0.3, -0.25) is 4.79 Å². The molecule has 2 rings (SSSR count). The SMILES string of the molecule is CC.CC(=O)Oc1ccc(CC2=CC=C=CC=C2)cc1. The fourth-order valence-corrected chi connectivity index (χ4v) is 1.69. The highest BCUT2D eigenvalue weighted by molar-refractivity contribution is 5.69. The summed E-state index contributed by atoms with van der Waals surface area (Å²) in [4.78, 5) is 10.8. The van der Waals surface area contributed by atoms with Gasteiger partial charge in [0.2, 0.25) is 0 Å². The van der Waals surface area contributed by atoms with Gasteiger partial charge in [0, 0.05) is 6.92 Å². The first-order chi connectivity index (χ1) is 9.74. The Morgan fingerprint density at radius 3 is 2.50 bits per heavy atom. The lowest BCUT2D eigenvalue weighted by atomic mass is 10.0. The maximum atomic E-state index is 10.8. The molecule has 2 nitrogen and oxygen atoms in total. The van der Waals surface area contributed by atoms with E-state index in [1.54, 1.807) is 0 Å². The Morgan fingerprint density at radius 2 is 1.85 bits per heavy atom. The normalized spacial score (nSPS) is 12.1. The van der Waals surface area contributed by atoms with Crippen molar-refractivity contribution in [3.8, 4) is 5.75 Å². The average molecular weight is 268 g/mol.